The van der Waals surface area contributed by atoms with Crippen LogP contribution in [0.3, 0.4) is 0 Å². The van der Waals surface area contributed by atoms with E-state index in [2.05, 4.69) is 11.0 Å². The number of nitrogens with zero attached hydrogens (tertiary/aromatic N) is 1. The SMILES string of the molecule is NCCC(O)C(O)c1cccc(N2CCCCC2)c1. The van der Waals surface area contributed by atoms with Crippen LogP contribution in [0.5, 0.6) is 0 Å². The van der Waals surface area contributed by atoms with Crippen LogP contribution in [-0.2, 0) is 0 Å². The van der Waals surface area contributed by atoms with Crippen LogP contribution in [0.2, 0.25) is 0 Å². The molecular weight excluding hydrogens is 240 g/mol. The van der Waals surface area contributed by atoms with E-state index < -0.39 is 12.2 Å². The van der Waals surface area contributed by atoms with Crippen molar-refractivity contribution in [3.05, 3.63) is 29.8 Å². The molecule has 2 rings (SSSR count). The molecule has 1 aromatic rings. The van der Waals surface area contributed by atoms with Gasteiger partial charge in [0.1, 0.15) is 6.10 Å². The molecule has 1 aliphatic heterocycles. The van der Waals surface area contributed by atoms with Gasteiger partial charge < -0.3 is 20.8 Å². The zero-order valence-electron chi connectivity index (χ0n) is 11.3. The number of nitrogens with two attached hydrogens (primary N) is 1. The summed E-state index contributed by atoms with van der Waals surface area (Å²) < 4.78 is 0. The van der Waals surface area contributed by atoms with Gasteiger partial charge in [0.05, 0.1) is 6.10 Å². The lowest BCUT2D eigenvalue weighted by Gasteiger charge is -2.29. The molecule has 1 saturated heterocycles. The molecule has 19 heavy (non-hydrogen) atoms. The minimum Gasteiger partial charge on any atom is -0.390 e. The van der Waals surface area contributed by atoms with Crippen LogP contribution in [0, 0.1) is 0 Å². The quantitative estimate of drug-likeness (QED) is 0.752. The van der Waals surface area contributed by atoms with Gasteiger partial charge in [0.15, 0.2) is 0 Å². The average molecular weight is 264 g/mol. The number of hydrogen-bond donors (Lipinski definition) is 3. The number of rotatable bonds is 5. The van der Waals surface area contributed by atoms with Crippen molar-refractivity contribution < 1.29 is 10.2 Å². The zero-order valence-corrected chi connectivity index (χ0v) is 11.3. The molecule has 2 unspecified atom stereocenters. The maximum absolute atomic E-state index is 10.1. The van der Waals surface area contributed by atoms with E-state index in [9.17, 15) is 10.2 Å². The van der Waals surface area contributed by atoms with Crippen LogP contribution in [0.15, 0.2) is 24.3 Å². The maximum atomic E-state index is 10.1. The summed E-state index contributed by atoms with van der Waals surface area (Å²) in [7, 11) is 0. The lowest BCUT2D eigenvalue weighted by Crippen LogP contribution is -2.29. The molecule has 106 valence electrons. The standard InChI is InChI=1S/C15H24N2O2/c16-8-7-14(18)15(19)12-5-4-6-13(11-12)17-9-2-1-3-10-17/h4-6,11,14-15,18-19H,1-3,7-10,16H2. The highest BCUT2D eigenvalue weighted by Gasteiger charge is 2.19. The van der Waals surface area contributed by atoms with Crippen molar-refractivity contribution in [3.8, 4) is 0 Å². The highest BCUT2D eigenvalue weighted by molar-refractivity contribution is 5.49. The number of piperidine rings is 1. The van der Waals surface area contributed by atoms with Gasteiger partial charge in [0, 0.05) is 18.8 Å². The number of aliphatic hydroxyl groups is 2. The van der Waals surface area contributed by atoms with Gasteiger partial charge >= 0.3 is 0 Å². The van der Waals surface area contributed by atoms with E-state index in [4.69, 9.17) is 5.73 Å². The largest absolute Gasteiger partial charge is 0.390 e. The van der Waals surface area contributed by atoms with Crippen LogP contribution in [-0.4, -0.2) is 36.0 Å². The Bertz CT molecular complexity index is 391. The average Bonchev–Trinajstić information content (AvgIpc) is 2.48. The highest BCUT2D eigenvalue weighted by atomic mass is 16.3. The summed E-state index contributed by atoms with van der Waals surface area (Å²) in [5.74, 6) is 0. The maximum Gasteiger partial charge on any atom is 0.105 e. The molecular formula is C15H24N2O2. The molecule has 1 aliphatic rings. The first-order chi connectivity index (χ1) is 9.22. The molecule has 0 amide bonds. The molecule has 0 aliphatic carbocycles. The van der Waals surface area contributed by atoms with E-state index in [1.54, 1.807) is 0 Å². The van der Waals surface area contributed by atoms with Gasteiger partial charge in [-0.15, -0.1) is 0 Å². The third-order valence-electron chi connectivity index (χ3n) is 3.76. The molecule has 4 heteroatoms. The van der Waals surface area contributed by atoms with E-state index >= 15 is 0 Å². The fraction of sp³-hybridized carbons (Fsp3) is 0.600. The van der Waals surface area contributed by atoms with Crippen LogP contribution in [0.25, 0.3) is 0 Å². The number of hydrogen-bond acceptors (Lipinski definition) is 4. The Labute approximate surface area is 114 Å². The second-order valence-electron chi connectivity index (χ2n) is 5.23. The molecule has 1 heterocycles. The van der Waals surface area contributed by atoms with Gasteiger partial charge in [0.2, 0.25) is 0 Å². The molecule has 0 bridgehead atoms. The summed E-state index contributed by atoms with van der Waals surface area (Å²) in [4.78, 5) is 2.34. The topological polar surface area (TPSA) is 69.7 Å². The first-order valence-electron chi connectivity index (χ1n) is 7.13. The van der Waals surface area contributed by atoms with E-state index in [-0.39, 0.29) is 0 Å². The Hall–Kier alpha value is -1.10. The first-order valence-corrected chi connectivity index (χ1v) is 7.13. The monoisotopic (exact) mass is 264 g/mol. The summed E-state index contributed by atoms with van der Waals surface area (Å²) in [6.07, 6.45) is 2.52. The number of aliphatic hydroxyl groups excluding tert-OH is 2. The Morgan fingerprint density at radius 3 is 2.58 bits per heavy atom. The molecule has 1 aromatic carbocycles. The van der Waals surface area contributed by atoms with Crippen molar-refractivity contribution in [2.45, 2.75) is 37.9 Å². The normalized spacial score (nSPS) is 19.2. The third kappa shape index (κ3) is 3.69. The minimum absolute atomic E-state index is 0.379. The van der Waals surface area contributed by atoms with Crippen molar-refractivity contribution in [2.75, 3.05) is 24.5 Å². The van der Waals surface area contributed by atoms with Crippen LogP contribution >= 0.6 is 0 Å². The van der Waals surface area contributed by atoms with Gasteiger partial charge in [0.25, 0.3) is 0 Å². The minimum atomic E-state index is -0.853. The Morgan fingerprint density at radius 2 is 1.89 bits per heavy atom. The zero-order chi connectivity index (χ0) is 13.7. The second kappa shape index (κ2) is 6.89. The van der Waals surface area contributed by atoms with Crippen molar-refractivity contribution in [1.29, 1.82) is 0 Å². The van der Waals surface area contributed by atoms with Gasteiger partial charge in [-0.2, -0.15) is 0 Å². The molecule has 0 radical (unpaired) electrons. The van der Waals surface area contributed by atoms with Gasteiger partial charge in [-0.25, -0.2) is 0 Å². The van der Waals surface area contributed by atoms with Gasteiger partial charge in [-0.1, -0.05) is 12.1 Å². The van der Waals surface area contributed by atoms with Gasteiger partial charge in [-0.05, 0) is 49.9 Å². The fourth-order valence-electron chi connectivity index (χ4n) is 2.61. The number of benzene rings is 1. The van der Waals surface area contributed by atoms with Crippen molar-refractivity contribution in [3.63, 3.8) is 0 Å². The summed E-state index contributed by atoms with van der Waals surface area (Å²) in [5.41, 5.74) is 7.32. The Balaban J connectivity index is 2.09. The second-order valence-corrected chi connectivity index (χ2v) is 5.23. The van der Waals surface area contributed by atoms with E-state index in [1.165, 1.54) is 19.3 Å². The van der Waals surface area contributed by atoms with Crippen molar-refractivity contribution in [2.24, 2.45) is 5.73 Å². The lowest BCUT2D eigenvalue weighted by molar-refractivity contribution is 0.0150. The smallest absolute Gasteiger partial charge is 0.105 e. The molecule has 0 spiro atoms. The van der Waals surface area contributed by atoms with E-state index in [0.29, 0.717) is 13.0 Å². The van der Waals surface area contributed by atoms with Crippen molar-refractivity contribution in [1.82, 2.24) is 0 Å². The van der Waals surface area contributed by atoms with Gasteiger partial charge in [-0.3, -0.25) is 0 Å². The summed E-state index contributed by atoms with van der Waals surface area (Å²) in [6, 6.07) is 7.85. The summed E-state index contributed by atoms with van der Waals surface area (Å²) >= 11 is 0. The van der Waals surface area contributed by atoms with Crippen LogP contribution < -0.4 is 10.6 Å². The predicted octanol–water partition coefficient (Wildman–Crippen LogP) is 1.42. The third-order valence-corrected chi connectivity index (χ3v) is 3.76. The molecule has 2 atom stereocenters. The number of anilines is 1. The lowest BCUT2D eigenvalue weighted by atomic mass is 10.0. The van der Waals surface area contributed by atoms with Crippen LogP contribution in [0.1, 0.15) is 37.4 Å². The highest BCUT2D eigenvalue weighted by Crippen LogP contribution is 2.25. The van der Waals surface area contributed by atoms with Crippen LogP contribution in [0.4, 0.5) is 5.69 Å². The van der Waals surface area contributed by atoms with E-state index in [0.717, 1.165) is 24.3 Å². The Kier molecular flexibility index (Phi) is 5.19. The molecule has 0 saturated carbocycles. The van der Waals surface area contributed by atoms with Crippen molar-refractivity contribution >= 4 is 5.69 Å². The fourth-order valence-corrected chi connectivity index (χ4v) is 2.61. The summed E-state index contributed by atoms with van der Waals surface area (Å²) in [6.45, 7) is 2.53. The Morgan fingerprint density at radius 1 is 1.16 bits per heavy atom. The molecule has 0 aromatic heterocycles. The first kappa shape index (κ1) is 14.3. The molecule has 4 nitrogen and oxygen atoms in total. The predicted molar refractivity (Wildman–Crippen MR) is 77.1 cm³/mol. The summed E-state index contributed by atoms with van der Waals surface area (Å²) in [5, 5.41) is 19.9. The molecule has 1 fully saturated rings. The van der Waals surface area contributed by atoms with E-state index in [1.807, 2.05) is 18.2 Å². The molecule has 4 N–H and O–H groups in total.